The van der Waals surface area contributed by atoms with Crippen molar-refractivity contribution >= 4 is 21.8 Å². The van der Waals surface area contributed by atoms with E-state index in [4.69, 9.17) is 9.47 Å². The van der Waals surface area contributed by atoms with E-state index < -0.39 is 21.5 Å². The SMILES string of the molecule is CC(C)(C)OC(=O)NC/C(=C\F)COc1ccc(S(=O)(=O)CC2CCC(NC(=O)C3CC3)CC2)cc1. The quantitative estimate of drug-likeness (QED) is 0.472. The van der Waals surface area contributed by atoms with Gasteiger partial charge in [-0.15, -0.1) is 0 Å². The third-order valence-corrected chi connectivity index (χ3v) is 8.12. The largest absolute Gasteiger partial charge is 0.489 e. The molecule has 0 spiro atoms. The Labute approximate surface area is 212 Å². The van der Waals surface area contributed by atoms with Gasteiger partial charge in [-0.1, -0.05) is 0 Å². The Bertz CT molecular complexity index is 1040. The number of ether oxygens (including phenoxy) is 2. The van der Waals surface area contributed by atoms with E-state index in [2.05, 4.69) is 10.6 Å². The van der Waals surface area contributed by atoms with Crippen LogP contribution in [-0.2, 0) is 19.4 Å². The van der Waals surface area contributed by atoms with Crippen molar-refractivity contribution in [1.82, 2.24) is 10.6 Å². The van der Waals surface area contributed by atoms with Crippen molar-refractivity contribution in [2.45, 2.75) is 75.8 Å². The molecular formula is C26H37FN2O6S. The molecular weight excluding hydrogens is 487 g/mol. The first kappa shape index (κ1) is 28.0. The second-order valence-corrected chi connectivity index (χ2v) is 12.7. The van der Waals surface area contributed by atoms with Gasteiger partial charge in [-0.2, -0.15) is 0 Å². The van der Waals surface area contributed by atoms with Crippen molar-refractivity contribution in [3.8, 4) is 5.75 Å². The number of hydrogen-bond donors (Lipinski definition) is 2. The number of benzene rings is 1. The van der Waals surface area contributed by atoms with Crippen molar-refractivity contribution in [1.29, 1.82) is 0 Å². The lowest BCUT2D eigenvalue weighted by Gasteiger charge is -2.29. The smallest absolute Gasteiger partial charge is 0.407 e. The molecule has 2 saturated carbocycles. The Morgan fingerprint density at radius 1 is 1.06 bits per heavy atom. The fraction of sp³-hybridized carbons (Fsp3) is 0.615. The molecule has 0 atom stereocenters. The minimum absolute atomic E-state index is 0.0646. The second kappa shape index (κ2) is 12.1. The topological polar surface area (TPSA) is 111 Å². The van der Waals surface area contributed by atoms with E-state index in [9.17, 15) is 22.4 Å². The van der Waals surface area contributed by atoms with E-state index in [0.717, 1.165) is 38.5 Å². The highest BCUT2D eigenvalue weighted by Gasteiger charge is 2.33. The molecule has 2 aliphatic rings. The first-order chi connectivity index (χ1) is 16.9. The van der Waals surface area contributed by atoms with Gasteiger partial charge < -0.3 is 20.1 Å². The molecule has 200 valence electrons. The van der Waals surface area contributed by atoms with Crippen LogP contribution in [0, 0.1) is 11.8 Å². The van der Waals surface area contributed by atoms with Crippen LogP contribution in [0.5, 0.6) is 5.75 Å². The maximum absolute atomic E-state index is 13.2. The standard InChI is InChI=1S/C26H37FN2O6S/c1-26(2,3)35-25(31)28-15-19(14-27)16-34-22-10-12-23(13-11-22)36(32,33)17-18-4-8-21(9-5-18)29-24(30)20-6-7-20/h10-14,18,20-21H,4-9,15-17H2,1-3H3,(H,28,31)(H,29,30)/b19-14+. The summed E-state index contributed by atoms with van der Waals surface area (Å²) in [7, 11) is -3.47. The molecule has 2 aliphatic carbocycles. The minimum Gasteiger partial charge on any atom is -0.489 e. The molecule has 0 aromatic heterocycles. The van der Waals surface area contributed by atoms with Crippen LogP contribution in [0.1, 0.15) is 59.3 Å². The van der Waals surface area contributed by atoms with Gasteiger partial charge in [0.2, 0.25) is 5.91 Å². The van der Waals surface area contributed by atoms with Gasteiger partial charge in [-0.25, -0.2) is 17.6 Å². The average Bonchev–Trinajstić information content (AvgIpc) is 3.65. The zero-order valence-electron chi connectivity index (χ0n) is 21.2. The normalized spacial score (nSPS) is 20.9. The van der Waals surface area contributed by atoms with E-state index in [0.29, 0.717) is 12.1 Å². The summed E-state index contributed by atoms with van der Waals surface area (Å²) >= 11 is 0. The molecule has 2 N–H and O–H groups in total. The second-order valence-electron chi connectivity index (χ2n) is 10.7. The number of carbonyl (C=O) groups is 2. The van der Waals surface area contributed by atoms with Crippen LogP contribution in [0.3, 0.4) is 0 Å². The monoisotopic (exact) mass is 524 g/mol. The highest BCUT2D eigenvalue weighted by Crippen LogP contribution is 2.31. The number of carbonyl (C=O) groups excluding carboxylic acids is 2. The van der Waals surface area contributed by atoms with E-state index in [1.165, 1.54) is 24.3 Å². The number of sulfone groups is 1. The summed E-state index contributed by atoms with van der Waals surface area (Å²) in [5.74, 6) is 0.847. The van der Waals surface area contributed by atoms with Crippen molar-refractivity contribution in [3.63, 3.8) is 0 Å². The maximum atomic E-state index is 13.2. The fourth-order valence-electron chi connectivity index (χ4n) is 4.08. The van der Waals surface area contributed by atoms with E-state index in [1.54, 1.807) is 20.8 Å². The van der Waals surface area contributed by atoms with Crippen LogP contribution in [0.4, 0.5) is 9.18 Å². The first-order valence-electron chi connectivity index (χ1n) is 12.5. The van der Waals surface area contributed by atoms with Gasteiger partial charge >= 0.3 is 6.09 Å². The van der Waals surface area contributed by atoms with Crippen molar-refractivity contribution in [3.05, 3.63) is 36.2 Å². The molecule has 0 unspecified atom stereocenters. The predicted octanol–water partition coefficient (Wildman–Crippen LogP) is 4.30. The van der Waals surface area contributed by atoms with Crippen LogP contribution >= 0.6 is 0 Å². The number of amides is 2. The summed E-state index contributed by atoms with van der Waals surface area (Å²) in [5, 5.41) is 5.56. The molecule has 1 aromatic carbocycles. The van der Waals surface area contributed by atoms with Crippen LogP contribution in [0.2, 0.25) is 0 Å². The van der Waals surface area contributed by atoms with Gasteiger partial charge in [0.15, 0.2) is 9.84 Å². The molecule has 0 aliphatic heterocycles. The summed E-state index contributed by atoms with van der Waals surface area (Å²) in [5.41, 5.74) is -0.462. The van der Waals surface area contributed by atoms with Crippen molar-refractivity contribution in [2.75, 3.05) is 18.9 Å². The first-order valence-corrected chi connectivity index (χ1v) is 14.1. The van der Waals surface area contributed by atoms with Crippen molar-refractivity contribution < 1.29 is 31.9 Å². The van der Waals surface area contributed by atoms with E-state index >= 15 is 0 Å². The van der Waals surface area contributed by atoms with Gasteiger partial charge in [0.05, 0.1) is 17.0 Å². The zero-order chi connectivity index (χ0) is 26.3. The Balaban J connectivity index is 1.43. The summed E-state index contributed by atoms with van der Waals surface area (Å²) in [6.07, 6.45) is 4.80. The van der Waals surface area contributed by atoms with E-state index in [1.807, 2.05) is 0 Å². The molecule has 3 rings (SSSR count). The summed E-state index contributed by atoms with van der Waals surface area (Å²) in [4.78, 5) is 23.9. The van der Waals surface area contributed by atoms with Crippen LogP contribution in [0.25, 0.3) is 0 Å². The molecule has 0 radical (unpaired) electrons. The molecule has 0 bridgehead atoms. The minimum atomic E-state index is -3.47. The summed E-state index contributed by atoms with van der Waals surface area (Å²) in [6.45, 7) is 5.00. The Morgan fingerprint density at radius 3 is 2.25 bits per heavy atom. The predicted molar refractivity (Wildman–Crippen MR) is 134 cm³/mol. The van der Waals surface area contributed by atoms with Gasteiger partial charge in [0.25, 0.3) is 0 Å². The number of nitrogens with one attached hydrogen (secondary N) is 2. The fourth-order valence-corrected chi connectivity index (χ4v) is 5.78. The average molecular weight is 525 g/mol. The van der Waals surface area contributed by atoms with Crippen LogP contribution in [-0.4, -0.2) is 51.0 Å². The third kappa shape index (κ3) is 9.11. The summed E-state index contributed by atoms with van der Waals surface area (Å²) < 4.78 is 49.7. The lowest BCUT2D eigenvalue weighted by molar-refractivity contribution is -0.123. The Hall–Kier alpha value is -2.62. The Kier molecular flexibility index (Phi) is 9.38. The highest BCUT2D eigenvalue weighted by molar-refractivity contribution is 7.91. The number of halogens is 1. The molecule has 8 nitrogen and oxygen atoms in total. The van der Waals surface area contributed by atoms with Crippen molar-refractivity contribution in [2.24, 2.45) is 11.8 Å². The van der Waals surface area contributed by atoms with Crippen LogP contribution < -0.4 is 15.4 Å². The maximum Gasteiger partial charge on any atom is 0.407 e. The van der Waals surface area contributed by atoms with Gasteiger partial charge in [-0.3, -0.25) is 4.79 Å². The summed E-state index contributed by atoms with van der Waals surface area (Å²) in [6, 6.07) is 6.20. The molecule has 0 saturated heterocycles. The van der Waals surface area contributed by atoms with Gasteiger partial charge in [-0.05, 0) is 89.5 Å². The number of hydrogen-bond acceptors (Lipinski definition) is 6. The highest BCUT2D eigenvalue weighted by atomic mass is 32.2. The zero-order valence-corrected chi connectivity index (χ0v) is 22.0. The molecule has 36 heavy (non-hydrogen) atoms. The molecule has 2 amide bonds. The molecule has 10 heteroatoms. The molecule has 2 fully saturated rings. The molecule has 0 heterocycles. The Morgan fingerprint density at radius 2 is 1.69 bits per heavy atom. The van der Waals surface area contributed by atoms with Gasteiger partial charge in [0, 0.05) is 24.1 Å². The molecule has 1 aromatic rings. The van der Waals surface area contributed by atoms with E-state index in [-0.39, 0.29) is 53.2 Å². The number of alkyl carbamates (subject to hydrolysis) is 1. The van der Waals surface area contributed by atoms with Crippen LogP contribution in [0.15, 0.2) is 41.1 Å². The number of rotatable bonds is 10. The third-order valence-electron chi connectivity index (χ3n) is 6.22. The lowest BCUT2D eigenvalue weighted by atomic mass is 9.87. The van der Waals surface area contributed by atoms with Gasteiger partial charge in [0.1, 0.15) is 18.0 Å². The lowest BCUT2D eigenvalue weighted by Crippen LogP contribution is -2.39.